The van der Waals surface area contributed by atoms with Crippen LogP contribution in [0.2, 0.25) is 0 Å². The number of amides is 1. The number of carbonyl (C=O) groups excluding carboxylic acids is 1. The Morgan fingerprint density at radius 1 is 1.30 bits per heavy atom. The van der Waals surface area contributed by atoms with Crippen molar-refractivity contribution in [3.63, 3.8) is 0 Å². The van der Waals surface area contributed by atoms with Crippen molar-refractivity contribution in [3.05, 3.63) is 35.5 Å². The molecule has 2 aliphatic rings. The molecule has 134 valence electrons. The van der Waals surface area contributed by atoms with E-state index in [-0.39, 0.29) is 5.91 Å². The summed E-state index contributed by atoms with van der Waals surface area (Å²) in [5.74, 6) is 1.43. The highest BCUT2D eigenvalue weighted by Gasteiger charge is 2.27. The van der Waals surface area contributed by atoms with Crippen molar-refractivity contribution in [1.29, 1.82) is 5.26 Å². The lowest BCUT2D eigenvalue weighted by molar-refractivity contribution is -0.345. The maximum Gasteiger partial charge on any atom is 0.351 e. The number of nitriles is 1. The van der Waals surface area contributed by atoms with Crippen molar-refractivity contribution in [3.8, 4) is 6.07 Å². The molecule has 5 rings (SSSR count). The first-order valence-electron chi connectivity index (χ1n) is 9.00. The molecular weight excluding hydrogens is 342 g/mol. The molecule has 0 atom stereocenters. The third-order valence-corrected chi connectivity index (χ3v) is 4.89. The van der Waals surface area contributed by atoms with Gasteiger partial charge in [-0.15, -0.1) is 0 Å². The van der Waals surface area contributed by atoms with E-state index in [0.29, 0.717) is 29.6 Å². The lowest BCUT2D eigenvalue weighted by Crippen LogP contribution is -2.21. The Balaban J connectivity index is 1.50. The number of rotatable bonds is 4. The first-order chi connectivity index (χ1) is 13.2. The summed E-state index contributed by atoms with van der Waals surface area (Å²) in [6.45, 7) is 0. The van der Waals surface area contributed by atoms with Crippen LogP contribution in [0.25, 0.3) is 11.0 Å². The Morgan fingerprint density at radius 3 is 3.00 bits per heavy atom. The highest BCUT2D eigenvalue weighted by atomic mass is 16.1. The molecule has 8 nitrogen and oxygen atoms in total. The van der Waals surface area contributed by atoms with Crippen LogP contribution in [-0.2, 0) is 11.2 Å². The molecule has 1 saturated carbocycles. The van der Waals surface area contributed by atoms with E-state index in [2.05, 4.69) is 37.0 Å². The zero-order valence-electron chi connectivity index (χ0n) is 14.5. The third-order valence-electron chi connectivity index (χ3n) is 4.89. The van der Waals surface area contributed by atoms with Crippen molar-refractivity contribution in [2.24, 2.45) is 0 Å². The summed E-state index contributed by atoms with van der Waals surface area (Å²) in [4.78, 5) is 22.4. The molecule has 3 aromatic rings. The monoisotopic (exact) mass is 360 g/mol. The molecule has 1 aliphatic heterocycles. The molecule has 0 spiro atoms. The largest absolute Gasteiger partial charge is 0.351 e. The molecule has 1 aromatic carbocycles. The fourth-order valence-corrected chi connectivity index (χ4v) is 3.36. The minimum atomic E-state index is 0.0551. The number of benzene rings is 1. The van der Waals surface area contributed by atoms with Gasteiger partial charge >= 0.3 is 5.95 Å². The topological polar surface area (TPSA) is 120 Å². The van der Waals surface area contributed by atoms with Crippen molar-refractivity contribution in [2.75, 3.05) is 16.0 Å². The second kappa shape index (κ2) is 5.99. The average molecular weight is 360 g/mol. The van der Waals surface area contributed by atoms with Crippen molar-refractivity contribution in [2.45, 2.75) is 31.7 Å². The highest BCUT2D eigenvalue weighted by Crippen LogP contribution is 2.30. The van der Waals surface area contributed by atoms with Gasteiger partial charge in [-0.05, 0) is 43.0 Å². The van der Waals surface area contributed by atoms with Gasteiger partial charge in [0.05, 0.1) is 17.3 Å². The number of hydrogen-bond donors (Lipinski definition) is 4. The second-order valence-corrected chi connectivity index (χ2v) is 6.96. The summed E-state index contributed by atoms with van der Waals surface area (Å²) in [7, 11) is 0. The highest BCUT2D eigenvalue weighted by molar-refractivity contribution is 5.94. The van der Waals surface area contributed by atoms with Crippen molar-refractivity contribution >= 4 is 40.1 Å². The third kappa shape index (κ3) is 2.93. The summed E-state index contributed by atoms with van der Waals surface area (Å²) in [6.07, 6.45) is 5.16. The van der Waals surface area contributed by atoms with Gasteiger partial charge in [0, 0.05) is 18.3 Å². The molecule has 0 bridgehead atoms. The summed E-state index contributed by atoms with van der Waals surface area (Å²) < 4.78 is 0. The van der Waals surface area contributed by atoms with E-state index in [9.17, 15) is 10.1 Å². The number of carbonyl (C=O) groups is 1. The smallest absolute Gasteiger partial charge is 0.334 e. The van der Waals surface area contributed by atoms with Gasteiger partial charge in [0.25, 0.3) is 0 Å². The maximum absolute atomic E-state index is 11.5. The number of aromatic nitrogens is 3. The Morgan fingerprint density at radius 2 is 2.19 bits per heavy atom. The van der Waals surface area contributed by atoms with E-state index < -0.39 is 0 Å². The molecular formula is C19H18N7O+. The van der Waals surface area contributed by atoms with Crippen LogP contribution in [0.3, 0.4) is 0 Å². The molecule has 2 aromatic heterocycles. The van der Waals surface area contributed by atoms with Crippen LogP contribution in [-0.4, -0.2) is 21.9 Å². The van der Waals surface area contributed by atoms with E-state index in [1.807, 2.05) is 18.2 Å². The molecule has 0 radical (unpaired) electrons. The molecule has 8 heteroatoms. The average Bonchev–Trinajstić information content (AvgIpc) is 3.38. The van der Waals surface area contributed by atoms with Crippen LogP contribution in [0.1, 0.15) is 30.4 Å². The van der Waals surface area contributed by atoms with Crippen LogP contribution < -0.4 is 20.9 Å². The minimum Gasteiger partial charge on any atom is -0.334 e. The molecule has 0 saturated heterocycles. The second-order valence-electron chi connectivity index (χ2n) is 6.96. The fourth-order valence-electron chi connectivity index (χ4n) is 3.36. The first kappa shape index (κ1) is 15.6. The fraction of sp³-hybridized carbons (Fsp3) is 0.263. The summed E-state index contributed by atoms with van der Waals surface area (Å²) in [5.41, 5.74) is 4.07. The van der Waals surface area contributed by atoms with E-state index in [1.165, 1.54) is 0 Å². The zero-order chi connectivity index (χ0) is 18.4. The van der Waals surface area contributed by atoms with E-state index >= 15 is 0 Å². The normalized spacial score (nSPS) is 15.7. The number of aryl methyl sites for hydroxylation is 1. The summed E-state index contributed by atoms with van der Waals surface area (Å²) in [5, 5.41) is 19.8. The van der Waals surface area contributed by atoms with E-state index in [0.717, 1.165) is 47.4 Å². The van der Waals surface area contributed by atoms with Gasteiger partial charge in [-0.2, -0.15) is 5.26 Å². The summed E-state index contributed by atoms with van der Waals surface area (Å²) >= 11 is 0. The predicted octanol–water partition coefficient (Wildman–Crippen LogP) is 2.45. The van der Waals surface area contributed by atoms with Gasteiger partial charge in [-0.3, -0.25) is 10.1 Å². The van der Waals surface area contributed by atoms with Crippen LogP contribution >= 0.6 is 0 Å². The quantitative estimate of drug-likeness (QED) is 0.570. The SMILES string of the molecule is N#Cc1c[nH]c2nc(Nc3ccc4c(c3)CCC(=O)N4)[nH+]c(NC3CC3)c12. The number of anilines is 4. The van der Waals surface area contributed by atoms with Crippen LogP contribution in [0.15, 0.2) is 24.4 Å². The van der Waals surface area contributed by atoms with Gasteiger partial charge < -0.3 is 15.6 Å². The maximum atomic E-state index is 11.5. The first-order valence-corrected chi connectivity index (χ1v) is 9.00. The molecule has 1 aliphatic carbocycles. The lowest BCUT2D eigenvalue weighted by Gasteiger charge is -2.17. The van der Waals surface area contributed by atoms with Crippen LogP contribution in [0, 0.1) is 11.3 Å². The molecule has 27 heavy (non-hydrogen) atoms. The molecule has 3 heterocycles. The van der Waals surface area contributed by atoms with E-state index in [1.54, 1.807) is 6.20 Å². The Bertz CT molecular complexity index is 1110. The predicted molar refractivity (Wildman–Crippen MR) is 101 cm³/mol. The van der Waals surface area contributed by atoms with Gasteiger partial charge in [0.15, 0.2) is 0 Å². The number of fused-ring (bicyclic) bond motifs is 2. The number of aromatic amines is 2. The molecule has 0 unspecified atom stereocenters. The van der Waals surface area contributed by atoms with E-state index in [4.69, 9.17) is 0 Å². The van der Waals surface area contributed by atoms with Gasteiger partial charge in [-0.25, -0.2) is 4.98 Å². The lowest BCUT2D eigenvalue weighted by atomic mass is 10.0. The van der Waals surface area contributed by atoms with Gasteiger partial charge in [-0.1, -0.05) is 4.98 Å². The zero-order valence-corrected chi connectivity index (χ0v) is 14.5. The number of nitrogens with zero attached hydrogens (tertiary/aromatic N) is 2. The van der Waals surface area contributed by atoms with Gasteiger partial charge in [0.2, 0.25) is 17.4 Å². The van der Waals surface area contributed by atoms with Crippen LogP contribution in [0.4, 0.5) is 23.1 Å². The Labute approximate surface area is 155 Å². The number of H-pyrrole nitrogens is 2. The van der Waals surface area contributed by atoms with Gasteiger partial charge in [0.1, 0.15) is 11.5 Å². The molecule has 1 amide bonds. The standard InChI is InChI=1S/C19H17N7O/c20-8-11-9-21-17-16(11)18(22-12-2-3-12)26-19(25-17)23-13-4-5-14-10(7-13)1-6-15(27)24-14/h4-5,7,9,12H,1-3,6H2,(H,24,27)(H3,21,22,23,25,26)/p+1. The van der Waals surface area contributed by atoms with Crippen molar-refractivity contribution in [1.82, 2.24) is 9.97 Å². The summed E-state index contributed by atoms with van der Waals surface area (Å²) in [6, 6.07) is 8.48. The number of nitrogens with one attached hydrogen (secondary N) is 5. The minimum absolute atomic E-state index is 0.0551. The Hall–Kier alpha value is -3.60. The Kier molecular flexibility index (Phi) is 3.47. The molecule has 1 fully saturated rings. The van der Waals surface area contributed by atoms with Crippen LogP contribution in [0.5, 0.6) is 0 Å². The molecule has 5 N–H and O–H groups in total. The number of hydrogen-bond acceptors (Lipinski definition) is 5. The van der Waals surface area contributed by atoms with Crippen molar-refractivity contribution < 1.29 is 9.78 Å².